The van der Waals surface area contributed by atoms with Crippen molar-refractivity contribution in [1.82, 2.24) is 14.9 Å². The minimum atomic E-state index is -0.997. The molecule has 1 aliphatic heterocycles. The number of thiophene rings is 1. The van der Waals surface area contributed by atoms with Gasteiger partial charge in [-0.3, -0.25) is 4.79 Å². The van der Waals surface area contributed by atoms with Crippen LogP contribution < -0.4 is 9.64 Å². The first-order valence-corrected chi connectivity index (χ1v) is 13.7. The van der Waals surface area contributed by atoms with Crippen molar-refractivity contribution in [3.05, 3.63) is 71.1 Å². The standard InChI is InChI=1S/C29H32N4O4S/c1-19(2)25-16-24-26(30-29(31-27(24)38-25)37-18-23(35)17-34)32-12-14-33(15-13-32)28(36)22-10-8-21(9-11-22)20-6-4-3-5-7-20/h3-11,16,19,23,34-35H,12-15,17-18H2,1-2H3/t23-/m1/s1. The number of piperazine rings is 1. The Hall–Kier alpha value is -3.53. The van der Waals surface area contributed by atoms with E-state index in [0.29, 0.717) is 37.7 Å². The average Bonchev–Trinajstić information content (AvgIpc) is 3.40. The molecular weight excluding hydrogens is 500 g/mol. The van der Waals surface area contributed by atoms with Crippen molar-refractivity contribution < 1.29 is 19.7 Å². The van der Waals surface area contributed by atoms with Gasteiger partial charge in [-0.25, -0.2) is 0 Å². The number of anilines is 1. The highest BCUT2D eigenvalue weighted by Gasteiger charge is 2.26. The molecule has 3 heterocycles. The lowest BCUT2D eigenvalue weighted by Gasteiger charge is -2.35. The molecule has 9 heteroatoms. The lowest BCUT2D eigenvalue weighted by Crippen LogP contribution is -2.49. The number of hydrogen-bond donors (Lipinski definition) is 2. The monoisotopic (exact) mass is 532 g/mol. The predicted octanol–water partition coefficient (Wildman–Crippen LogP) is 4.18. The van der Waals surface area contributed by atoms with E-state index in [1.807, 2.05) is 47.4 Å². The van der Waals surface area contributed by atoms with Gasteiger partial charge in [0.15, 0.2) is 0 Å². The van der Waals surface area contributed by atoms with E-state index in [9.17, 15) is 9.90 Å². The number of aromatic nitrogens is 2. The van der Waals surface area contributed by atoms with Crippen LogP contribution in [0.25, 0.3) is 21.3 Å². The van der Waals surface area contributed by atoms with Crippen LogP contribution in [0.1, 0.15) is 35.0 Å². The van der Waals surface area contributed by atoms with Crippen LogP contribution >= 0.6 is 11.3 Å². The Bertz CT molecular complexity index is 1380. The highest BCUT2D eigenvalue weighted by Crippen LogP contribution is 2.36. The van der Waals surface area contributed by atoms with Crippen molar-refractivity contribution >= 4 is 33.3 Å². The van der Waals surface area contributed by atoms with Crippen molar-refractivity contribution in [3.8, 4) is 17.1 Å². The summed E-state index contributed by atoms with van der Waals surface area (Å²) in [6.07, 6.45) is -0.997. The number of rotatable bonds is 8. The molecular formula is C29H32N4O4S. The van der Waals surface area contributed by atoms with Crippen molar-refractivity contribution in [2.45, 2.75) is 25.9 Å². The van der Waals surface area contributed by atoms with E-state index in [-0.39, 0.29) is 18.5 Å². The first-order chi connectivity index (χ1) is 18.4. The Morgan fingerprint density at radius 1 is 1.00 bits per heavy atom. The molecule has 1 atom stereocenters. The molecule has 1 fully saturated rings. The van der Waals surface area contributed by atoms with Gasteiger partial charge in [0.2, 0.25) is 0 Å². The summed E-state index contributed by atoms with van der Waals surface area (Å²) in [7, 11) is 0. The third-order valence-electron chi connectivity index (χ3n) is 6.66. The number of hydrogen-bond acceptors (Lipinski definition) is 8. The average molecular weight is 533 g/mol. The number of benzene rings is 2. The molecule has 0 spiro atoms. The van der Waals surface area contributed by atoms with Gasteiger partial charge >= 0.3 is 6.01 Å². The summed E-state index contributed by atoms with van der Waals surface area (Å²) >= 11 is 1.61. The number of amides is 1. The Labute approximate surface area is 226 Å². The zero-order chi connectivity index (χ0) is 26.6. The highest BCUT2D eigenvalue weighted by atomic mass is 32.1. The first-order valence-electron chi connectivity index (χ1n) is 12.9. The lowest BCUT2D eigenvalue weighted by molar-refractivity contribution is 0.0506. The molecule has 38 heavy (non-hydrogen) atoms. The van der Waals surface area contributed by atoms with E-state index in [0.717, 1.165) is 27.2 Å². The van der Waals surface area contributed by atoms with Crippen LogP contribution in [0.15, 0.2) is 60.7 Å². The normalized spacial score (nSPS) is 14.8. The maximum absolute atomic E-state index is 13.2. The predicted molar refractivity (Wildman–Crippen MR) is 150 cm³/mol. The first kappa shape index (κ1) is 26.1. The molecule has 1 saturated heterocycles. The van der Waals surface area contributed by atoms with E-state index in [4.69, 9.17) is 9.84 Å². The Morgan fingerprint density at radius 3 is 2.34 bits per heavy atom. The lowest BCUT2D eigenvalue weighted by atomic mass is 10.0. The zero-order valence-electron chi connectivity index (χ0n) is 21.6. The summed E-state index contributed by atoms with van der Waals surface area (Å²) in [6.45, 7) is 6.22. The van der Waals surface area contributed by atoms with E-state index in [1.54, 1.807) is 11.3 Å². The van der Waals surface area contributed by atoms with Crippen LogP contribution in [0.4, 0.5) is 5.82 Å². The van der Waals surface area contributed by atoms with Gasteiger partial charge in [0.05, 0.1) is 12.0 Å². The fraction of sp³-hybridized carbons (Fsp3) is 0.345. The number of carbonyl (C=O) groups excluding carboxylic acids is 1. The number of carbonyl (C=O) groups is 1. The molecule has 1 amide bonds. The fourth-order valence-corrected chi connectivity index (χ4v) is 5.48. The molecule has 2 aromatic heterocycles. The van der Waals surface area contributed by atoms with Gasteiger partial charge in [0.1, 0.15) is 23.4 Å². The van der Waals surface area contributed by atoms with E-state index >= 15 is 0 Å². The third-order valence-corrected chi connectivity index (χ3v) is 7.99. The molecule has 5 rings (SSSR count). The second-order valence-corrected chi connectivity index (χ2v) is 10.8. The zero-order valence-corrected chi connectivity index (χ0v) is 22.4. The topological polar surface area (TPSA) is 99.0 Å². The smallest absolute Gasteiger partial charge is 0.319 e. The van der Waals surface area contributed by atoms with Crippen molar-refractivity contribution in [2.75, 3.05) is 44.3 Å². The minimum absolute atomic E-state index is 0.0248. The van der Waals surface area contributed by atoms with Gasteiger partial charge in [-0.2, -0.15) is 9.97 Å². The summed E-state index contributed by atoms with van der Waals surface area (Å²) in [5.41, 5.74) is 2.89. The molecule has 0 radical (unpaired) electrons. The second-order valence-electron chi connectivity index (χ2n) is 9.72. The maximum atomic E-state index is 13.2. The Kier molecular flexibility index (Phi) is 7.87. The Balaban J connectivity index is 1.31. The van der Waals surface area contributed by atoms with Gasteiger partial charge in [0.25, 0.3) is 5.91 Å². The highest BCUT2D eigenvalue weighted by molar-refractivity contribution is 7.18. The SMILES string of the molecule is CC(C)c1cc2c(N3CCN(C(=O)c4ccc(-c5ccccc5)cc4)CC3)nc(OC[C@H](O)CO)nc2s1. The van der Waals surface area contributed by atoms with E-state index in [1.165, 1.54) is 4.88 Å². The molecule has 0 bridgehead atoms. The number of fused-ring (bicyclic) bond motifs is 1. The number of aliphatic hydroxyl groups is 2. The molecule has 2 N–H and O–H groups in total. The molecule has 0 saturated carbocycles. The summed E-state index contributed by atoms with van der Waals surface area (Å²) in [5, 5.41) is 19.8. The van der Waals surface area contributed by atoms with Crippen molar-refractivity contribution in [3.63, 3.8) is 0 Å². The number of ether oxygens (including phenoxy) is 1. The van der Waals surface area contributed by atoms with Gasteiger partial charge < -0.3 is 24.7 Å². The summed E-state index contributed by atoms with van der Waals surface area (Å²) in [5.74, 6) is 1.15. The molecule has 8 nitrogen and oxygen atoms in total. The summed E-state index contributed by atoms with van der Waals surface area (Å²) < 4.78 is 5.61. The molecule has 0 unspecified atom stereocenters. The van der Waals surface area contributed by atoms with E-state index < -0.39 is 12.7 Å². The maximum Gasteiger partial charge on any atom is 0.319 e. The molecule has 4 aromatic rings. The van der Waals surface area contributed by atoms with Crippen LogP contribution in [0, 0.1) is 0 Å². The van der Waals surface area contributed by atoms with E-state index in [2.05, 4.69) is 46.9 Å². The van der Waals surface area contributed by atoms with Gasteiger partial charge in [-0.05, 0) is 35.2 Å². The van der Waals surface area contributed by atoms with Crippen molar-refractivity contribution in [1.29, 1.82) is 0 Å². The minimum Gasteiger partial charge on any atom is -0.461 e. The Morgan fingerprint density at radius 2 is 1.68 bits per heavy atom. The number of nitrogens with zero attached hydrogens (tertiary/aromatic N) is 4. The second kappa shape index (κ2) is 11.5. The van der Waals surface area contributed by atoms with Crippen LogP contribution in [-0.2, 0) is 0 Å². The van der Waals surface area contributed by atoms with Gasteiger partial charge in [-0.15, -0.1) is 11.3 Å². The van der Waals surface area contributed by atoms with Crippen LogP contribution in [0.2, 0.25) is 0 Å². The quantitative estimate of drug-likeness (QED) is 0.351. The molecule has 0 aliphatic carbocycles. The third kappa shape index (κ3) is 5.65. The van der Waals surface area contributed by atoms with Crippen LogP contribution in [-0.4, -0.2) is 76.5 Å². The summed E-state index contributed by atoms with van der Waals surface area (Å²) in [4.78, 5) is 28.5. The molecule has 2 aromatic carbocycles. The number of aliphatic hydroxyl groups excluding tert-OH is 2. The van der Waals surface area contributed by atoms with Gasteiger partial charge in [-0.1, -0.05) is 56.3 Å². The molecule has 1 aliphatic rings. The largest absolute Gasteiger partial charge is 0.461 e. The van der Waals surface area contributed by atoms with Crippen molar-refractivity contribution in [2.24, 2.45) is 0 Å². The van der Waals surface area contributed by atoms with Crippen LogP contribution in [0.3, 0.4) is 0 Å². The fourth-order valence-electron chi connectivity index (χ4n) is 4.46. The molecule has 198 valence electrons. The van der Waals surface area contributed by atoms with Gasteiger partial charge in [0, 0.05) is 36.6 Å². The summed E-state index contributed by atoms with van der Waals surface area (Å²) in [6, 6.07) is 20.2. The van der Waals surface area contributed by atoms with Crippen LogP contribution in [0.5, 0.6) is 6.01 Å².